The van der Waals surface area contributed by atoms with Gasteiger partial charge in [0, 0.05) is 23.0 Å². The van der Waals surface area contributed by atoms with Gasteiger partial charge < -0.3 is 8.42 Å². The van der Waals surface area contributed by atoms with Crippen molar-refractivity contribution in [1.29, 1.82) is 0 Å². The van der Waals surface area contributed by atoms with Crippen molar-refractivity contribution in [3.63, 3.8) is 0 Å². The van der Waals surface area contributed by atoms with Crippen molar-refractivity contribution >= 4 is 42.1 Å². The lowest BCUT2D eigenvalue weighted by atomic mass is 9.86. The molecule has 4 nitrogen and oxygen atoms in total. The first kappa shape index (κ1) is 26.8. The number of hydrogen-bond donors (Lipinski definition) is 0. The van der Waals surface area contributed by atoms with Crippen LogP contribution in [0.3, 0.4) is 0 Å². The Hall–Kier alpha value is -4.78. The molecule has 0 bridgehead atoms. The number of Topliss-reactive ketones (excluding diaryl/α,β-unsaturated/α-hetero) is 2. The van der Waals surface area contributed by atoms with Gasteiger partial charge in [0.25, 0.3) is 0 Å². The highest BCUT2D eigenvalue weighted by molar-refractivity contribution is 7.86. The maximum absolute atomic E-state index is 13.5. The van der Waals surface area contributed by atoms with Gasteiger partial charge in [0.1, 0.15) is 0 Å². The van der Waals surface area contributed by atoms with E-state index < -0.39 is 32.6 Å². The van der Waals surface area contributed by atoms with E-state index in [0.29, 0.717) is 30.6 Å². The average Bonchev–Trinajstić information content (AvgIpc) is 3.09. The largest absolute Gasteiger partial charge is 0.457 e. The number of ketones is 2. The van der Waals surface area contributed by atoms with E-state index >= 15 is 0 Å². The fraction of sp³-hybridized carbons (Fsp3) is 0.0526. The molecule has 0 spiro atoms. The molecular weight excluding hydrogens is 585 g/mol. The Balaban J connectivity index is 1.25. The number of benzene rings is 4. The fourth-order valence-corrected chi connectivity index (χ4v) is 9.31. The van der Waals surface area contributed by atoms with Crippen molar-refractivity contribution in [2.45, 2.75) is 9.79 Å². The van der Waals surface area contributed by atoms with Crippen molar-refractivity contribution in [3.05, 3.63) is 145 Å². The minimum absolute atomic E-state index is 0.0465. The molecule has 0 amide bonds. The predicted octanol–water partition coefficient (Wildman–Crippen LogP) is 7.55. The molecular formula is C38H24O4S2-2. The fourth-order valence-electron chi connectivity index (χ4n) is 6.47. The first-order chi connectivity index (χ1) is 21.5. The zero-order valence-electron chi connectivity index (χ0n) is 23.3. The Labute approximate surface area is 258 Å². The summed E-state index contributed by atoms with van der Waals surface area (Å²) in [5.74, 6) is -1.10. The molecule has 214 valence electrons. The minimum atomic E-state index is -1.40. The summed E-state index contributed by atoms with van der Waals surface area (Å²) in [4.78, 5) is 29.4. The Bertz CT molecular complexity index is 2110. The first-order valence-corrected chi connectivity index (χ1v) is 16.6. The van der Waals surface area contributed by atoms with E-state index in [9.17, 15) is 18.0 Å². The maximum Gasteiger partial charge on any atom is 0.170 e. The molecule has 2 heterocycles. The van der Waals surface area contributed by atoms with Crippen LogP contribution in [0.25, 0.3) is 33.4 Å². The molecule has 0 saturated heterocycles. The third-order valence-corrected chi connectivity index (χ3v) is 11.8. The zero-order valence-corrected chi connectivity index (χ0v) is 24.9. The van der Waals surface area contributed by atoms with Crippen molar-refractivity contribution in [1.82, 2.24) is 0 Å². The van der Waals surface area contributed by atoms with Crippen LogP contribution in [-0.2, 0) is 29.2 Å². The molecule has 4 aromatic carbocycles. The SMILES string of the molecule is O=C1c2cc(-c3ccccc3-c3ccccc3-c3ccc4c(c3)C(=O)C3C=CC=CC3=[S-]4=O)ccc2[S-](=O)=C2C=CC=CC12. The first-order valence-electron chi connectivity index (χ1n) is 14.3. The van der Waals surface area contributed by atoms with Crippen LogP contribution in [-0.4, -0.2) is 21.3 Å². The number of fused-ring (bicyclic) bond motifs is 4. The van der Waals surface area contributed by atoms with Crippen LogP contribution in [0.2, 0.25) is 0 Å². The van der Waals surface area contributed by atoms with Gasteiger partial charge in [0.15, 0.2) is 11.6 Å². The second-order valence-electron chi connectivity index (χ2n) is 11.0. The highest BCUT2D eigenvalue weighted by Crippen LogP contribution is 2.40. The highest BCUT2D eigenvalue weighted by Gasteiger charge is 2.27. The molecule has 0 N–H and O–H groups in total. The molecule has 4 aromatic rings. The number of carbonyl (C=O) groups is 2. The molecule has 8 rings (SSSR count). The molecule has 0 radical (unpaired) electrons. The molecule has 2 aliphatic heterocycles. The molecule has 2 aliphatic carbocycles. The van der Waals surface area contributed by atoms with Gasteiger partial charge in [-0.05, 0) is 45.5 Å². The van der Waals surface area contributed by atoms with Crippen LogP contribution in [0.15, 0.2) is 143 Å². The number of carbonyl (C=O) groups excluding carboxylic acids is 2. The van der Waals surface area contributed by atoms with Gasteiger partial charge in [0.2, 0.25) is 0 Å². The zero-order chi connectivity index (χ0) is 29.9. The van der Waals surface area contributed by atoms with E-state index in [-0.39, 0.29) is 11.6 Å². The molecule has 2 atom stereocenters. The second kappa shape index (κ2) is 10.4. The summed E-state index contributed by atoms with van der Waals surface area (Å²) in [7, 11) is -2.79. The van der Waals surface area contributed by atoms with Gasteiger partial charge in [0.05, 0.1) is 0 Å². The molecule has 0 aromatic heterocycles. The van der Waals surface area contributed by atoms with Gasteiger partial charge in [-0.25, -0.2) is 20.8 Å². The van der Waals surface area contributed by atoms with E-state index in [4.69, 9.17) is 0 Å². The van der Waals surface area contributed by atoms with Crippen LogP contribution in [0.1, 0.15) is 20.7 Å². The van der Waals surface area contributed by atoms with Gasteiger partial charge in [-0.15, -0.1) is 19.5 Å². The third-order valence-electron chi connectivity index (χ3n) is 8.61. The standard InChI is InChI=1S/C38H24O4S2/c39-37-29-13-5-7-15-33(29)43(41)35-19-17-23(21-31(35)37)25-9-1-3-11-27(25)28-12-4-2-10-26(28)24-18-20-36-32(22-24)38(40)30-14-6-8-16-34(30)44(36)42/h1-22,29-30H/q-2. The van der Waals surface area contributed by atoms with Crippen molar-refractivity contribution in [2.24, 2.45) is 11.8 Å². The Morgan fingerprint density at radius 2 is 0.864 bits per heavy atom. The summed E-state index contributed by atoms with van der Waals surface area (Å²) in [6, 6.07) is 27.3. The Morgan fingerprint density at radius 1 is 0.455 bits per heavy atom. The molecule has 2 unspecified atom stereocenters. The molecule has 4 aliphatic rings. The van der Waals surface area contributed by atoms with E-state index in [1.807, 2.05) is 121 Å². The van der Waals surface area contributed by atoms with E-state index in [0.717, 1.165) is 33.4 Å². The Kier molecular flexibility index (Phi) is 6.36. The van der Waals surface area contributed by atoms with Crippen molar-refractivity contribution in [2.75, 3.05) is 0 Å². The van der Waals surface area contributed by atoms with Crippen LogP contribution in [0.4, 0.5) is 0 Å². The van der Waals surface area contributed by atoms with Crippen molar-refractivity contribution < 1.29 is 18.0 Å². The molecule has 0 fully saturated rings. The van der Waals surface area contributed by atoms with Gasteiger partial charge >= 0.3 is 0 Å². The Morgan fingerprint density at radius 3 is 1.30 bits per heavy atom. The monoisotopic (exact) mass is 608 g/mol. The van der Waals surface area contributed by atoms with E-state index in [1.165, 1.54) is 0 Å². The number of allylic oxidation sites excluding steroid dienone is 8. The maximum atomic E-state index is 13.5. The third kappa shape index (κ3) is 4.09. The second-order valence-corrected chi connectivity index (χ2v) is 13.9. The number of rotatable bonds is 3. The summed E-state index contributed by atoms with van der Waals surface area (Å²) in [5.41, 5.74) is 6.48. The van der Waals surface area contributed by atoms with Gasteiger partial charge in [-0.3, -0.25) is 9.59 Å². The van der Waals surface area contributed by atoms with Gasteiger partial charge in [-0.2, -0.15) is 0 Å². The molecule has 6 heteroatoms. The van der Waals surface area contributed by atoms with Crippen LogP contribution < -0.4 is 0 Å². The minimum Gasteiger partial charge on any atom is -0.457 e. The normalized spacial score (nSPS) is 20.4. The van der Waals surface area contributed by atoms with E-state index in [1.54, 1.807) is 12.2 Å². The molecule has 0 saturated carbocycles. The smallest absolute Gasteiger partial charge is 0.170 e. The summed E-state index contributed by atoms with van der Waals surface area (Å²) >= 11 is 0. The van der Waals surface area contributed by atoms with Crippen LogP contribution >= 0.6 is 0 Å². The summed E-state index contributed by atoms with van der Waals surface area (Å²) in [6.07, 6.45) is 14.5. The summed E-state index contributed by atoms with van der Waals surface area (Å²) in [6.45, 7) is 0. The van der Waals surface area contributed by atoms with E-state index in [2.05, 4.69) is 0 Å². The lowest BCUT2D eigenvalue weighted by Gasteiger charge is -2.30. The van der Waals surface area contributed by atoms with Crippen LogP contribution in [0, 0.1) is 11.8 Å². The van der Waals surface area contributed by atoms with Gasteiger partial charge in [-0.1, -0.05) is 121 Å². The lowest BCUT2D eigenvalue weighted by Crippen LogP contribution is -2.29. The predicted molar refractivity (Wildman–Crippen MR) is 178 cm³/mol. The van der Waals surface area contributed by atoms with Crippen molar-refractivity contribution in [3.8, 4) is 33.4 Å². The molecule has 44 heavy (non-hydrogen) atoms. The number of hydrogen-bond acceptors (Lipinski definition) is 6. The summed E-state index contributed by atoms with van der Waals surface area (Å²) < 4.78 is 26.7. The topological polar surface area (TPSA) is 68.3 Å². The average molecular weight is 609 g/mol. The highest BCUT2D eigenvalue weighted by atomic mass is 32.2. The quantitative estimate of drug-likeness (QED) is 0.178. The van der Waals surface area contributed by atoms with Crippen LogP contribution in [0.5, 0.6) is 0 Å². The summed E-state index contributed by atoms with van der Waals surface area (Å²) in [5, 5.41) is 0. The lowest BCUT2D eigenvalue weighted by molar-refractivity contribution is 0.0961.